The number of Topliss-reactive ketones (excluding diaryl/α,β-unsaturated/α-hetero) is 1. The van der Waals surface area contributed by atoms with Gasteiger partial charge in [0, 0.05) is 0 Å². The minimum absolute atomic E-state index is 0.310. The number of ketones is 1. The van der Waals surface area contributed by atoms with E-state index in [0.717, 1.165) is 11.1 Å². The first kappa shape index (κ1) is 17.5. The van der Waals surface area contributed by atoms with Gasteiger partial charge in [-0.3, -0.25) is 4.79 Å². The van der Waals surface area contributed by atoms with Gasteiger partial charge in [0.05, 0.1) is 25.3 Å². The molecule has 2 aromatic carbocycles. The van der Waals surface area contributed by atoms with Gasteiger partial charge < -0.3 is 14.2 Å². The summed E-state index contributed by atoms with van der Waals surface area (Å²) in [7, 11) is 2.98. The van der Waals surface area contributed by atoms with Crippen molar-refractivity contribution in [3.63, 3.8) is 0 Å². The van der Waals surface area contributed by atoms with Crippen molar-refractivity contribution in [2.24, 2.45) is 0 Å². The van der Waals surface area contributed by atoms with Gasteiger partial charge in [-0.05, 0) is 43.7 Å². The number of methoxy groups -OCH3 is 2. The van der Waals surface area contributed by atoms with Crippen LogP contribution in [0.3, 0.4) is 0 Å². The Kier molecular flexibility index (Phi) is 5.58. The number of benzene rings is 2. The van der Waals surface area contributed by atoms with Gasteiger partial charge >= 0.3 is 5.97 Å². The van der Waals surface area contributed by atoms with E-state index in [9.17, 15) is 9.59 Å². The molecule has 2 aromatic rings. The van der Waals surface area contributed by atoms with Crippen LogP contribution in [0.5, 0.6) is 11.5 Å². The molecule has 0 saturated heterocycles. The van der Waals surface area contributed by atoms with Crippen LogP contribution >= 0.6 is 0 Å². The average Bonchev–Trinajstić information content (AvgIpc) is 2.58. The van der Waals surface area contributed by atoms with E-state index in [1.807, 2.05) is 26.0 Å². The van der Waals surface area contributed by atoms with Gasteiger partial charge in [0.2, 0.25) is 5.78 Å². The van der Waals surface area contributed by atoms with E-state index in [4.69, 9.17) is 14.2 Å². The lowest BCUT2D eigenvalue weighted by atomic mass is 10.1. The summed E-state index contributed by atoms with van der Waals surface area (Å²) in [5, 5.41) is 0. The molecule has 0 saturated carbocycles. The van der Waals surface area contributed by atoms with Crippen LogP contribution in [0.2, 0.25) is 0 Å². The Hall–Kier alpha value is -2.82. The van der Waals surface area contributed by atoms with Crippen LogP contribution in [0.15, 0.2) is 36.4 Å². The molecule has 0 fully saturated rings. The van der Waals surface area contributed by atoms with Crippen molar-refractivity contribution in [3.8, 4) is 11.5 Å². The Morgan fingerprint density at radius 3 is 2.29 bits per heavy atom. The number of esters is 1. The summed E-state index contributed by atoms with van der Waals surface area (Å²) in [6, 6.07) is 10.3. The number of aryl methyl sites for hydroxylation is 2. The Bertz CT molecular complexity index is 764. The zero-order chi connectivity index (χ0) is 17.7. The smallest absolute Gasteiger partial charge is 0.338 e. The molecule has 0 heterocycles. The molecule has 0 atom stereocenters. The first-order valence-electron chi connectivity index (χ1n) is 7.46. The molecular weight excluding hydrogens is 308 g/mol. The van der Waals surface area contributed by atoms with Crippen molar-refractivity contribution in [1.29, 1.82) is 0 Å². The fourth-order valence-corrected chi connectivity index (χ4v) is 2.36. The molecule has 0 N–H and O–H groups in total. The van der Waals surface area contributed by atoms with Crippen LogP contribution in [0, 0.1) is 13.8 Å². The van der Waals surface area contributed by atoms with E-state index in [-0.39, 0.29) is 12.4 Å². The summed E-state index contributed by atoms with van der Waals surface area (Å²) in [6.45, 7) is 3.41. The molecule has 0 radical (unpaired) electrons. The summed E-state index contributed by atoms with van der Waals surface area (Å²) < 4.78 is 15.4. The summed E-state index contributed by atoms with van der Waals surface area (Å²) >= 11 is 0. The number of rotatable bonds is 6. The highest BCUT2D eigenvalue weighted by molar-refractivity contribution is 6.01. The third-order valence-electron chi connectivity index (χ3n) is 3.64. The van der Waals surface area contributed by atoms with E-state index >= 15 is 0 Å². The van der Waals surface area contributed by atoms with E-state index < -0.39 is 5.97 Å². The van der Waals surface area contributed by atoms with E-state index in [1.54, 1.807) is 24.3 Å². The molecule has 2 rings (SSSR count). The van der Waals surface area contributed by atoms with Gasteiger partial charge in [-0.2, -0.15) is 0 Å². The highest BCUT2D eigenvalue weighted by atomic mass is 16.5. The Morgan fingerprint density at radius 1 is 0.917 bits per heavy atom. The second-order valence-electron chi connectivity index (χ2n) is 5.38. The number of carbonyl (C=O) groups is 2. The zero-order valence-corrected chi connectivity index (χ0v) is 14.2. The molecule has 126 valence electrons. The molecule has 0 aliphatic rings. The highest BCUT2D eigenvalue weighted by Gasteiger charge is 2.17. The van der Waals surface area contributed by atoms with E-state index in [2.05, 4.69) is 0 Å². The minimum atomic E-state index is -0.525. The SMILES string of the molecule is COc1ccc(OC)c(C(=O)COC(=O)c2ccc(C)cc2C)c1. The summed E-state index contributed by atoms with van der Waals surface area (Å²) in [4.78, 5) is 24.5. The molecule has 5 nitrogen and oxygen atoms in total. The average molecular weight is 328 g/mol. The van der Waals surface area contributed by atoms with Crippen LogP contribution in [0.4, 0.5) is 0 Å². The van der Waals surface area contributed by atoms with Crippen LogP contribution in [0.1, 0.15) is 31.8 Å². The van der Waals surface area contributed by atoms with Gasteiger partial charge in [0.25, 0.3) is 0 Å². The maximum atomic E-state index is 12.4. The van der Waals surface area contributed by atoms with Gasteiger partial charge in [0.1, 0.15) is 11.5 Å². The van der Waals surface area contributed by atoms with Gasteiger partial charge in [-0.15, -0.1) is 0 Å². The first-order chi connectivity index (χ1) is 11.5. The van der Waals surface area contributed by atoms with Gasteiger partial charge in [-0.1, -0.05) is 17.7 Å². The van der Waals surface area contributed by atoms with Crippen molar-refractivity contribution in [2.75, 3.05) is 20.8 Å². The molecule has 0 aliphatic heterocycles. The van der Waals surface area contributed by atoms with Crippen molar-refractivity contribution < 1.29 is 23.8 Å². The third kappa shape index (κ3) is 3.93. The molecule has 0 bridgehead atoms. The first-order valence-corrected chi connectivity index (χ1v) is 7.46. The summed E-state index contributed by atoms with van der Waals surface area (Å²) in [6.07, 6.45) is 0. The number of hydrogen-bond acceptors (Lipinski definition) is 5. The predicted molar refractivity (Wildman–Crippen MR) is 90.1 cm³/mol. The number of ether oxygens (including phenoxy) is 3. The van der Waals surface area contributed by atoms with Crippen LogP contribution in [-0.2, 0) is 4.74 Å². The second-order valence-corrected chi connectivity index (χ2v) is 5.38. The van der Waals surface area contributed by atoms with Crippen LogP contribution in [0.25, 0.3) is 0 Å². The fraction of sp³-hybridized carbons (Fsp3) is 0.263. The molecule has 0 unspecified atom stereocenters. The molecule has 0 aliphatic carbocycles. The monoisotopic (exact) mass is 328 g/mol. The second kappa shape index (κ2) is 7.64. The van der Waals surface area contributed by atoms with Crippen molar-refractivity contribution in [1.82, 2.24) is 0 Å². The number of carbonyl (C=O) groups excluding carboxylic acids is 2. The van der Waals surface area contributed by atoms with Crippen molar-refractivity contribution in [2.45, 2.75) is 13.8 Å². The predicted octanol–water partition coefficient (Wildman–Crippen LogP) is 3.36. The number of hydrogen-bond donors (Lipinski definition) is 0. The Labute approximate surface area is 141 Å². The Balaban J connectivity index is 2.11. The topological polar surface area (TPSA) is 61.8 Å². The maximum absolute atomic E-state index is 12.4. The van der Waals surface area contributed by atoms with E-state index in [1.165, 1.54) is 14.2 Å². The van der Waals surface area contributed by atoms with Gasteiger partial charge in [0.15, 0.2) is 6.61 Å². The molecule has 5 heteroatoms. The molecule has 0 amide bonds. The quantitative estimate of drug-likeness (QED) is 0.601. The van der Waals surface area contributed by atoms with Crippen LogP contribution in [-0.4, -0.2) is 32.6 Å². The maximum Gasteiger partial charge on any atom is 0.338 e. The normalized spacial score (nSPS) is 10.2. The largest absolute Gasteiger partial charge is 0.497 e. The molecule has 0 spiro atoms. The van der Waals surface area contributed by atoms with Crippen molar-refractivity contribution in [3.05, 3.63) is 58.7 Å². The molecular formula is C19H20O5. The molecule has 0 aromatic heterocycles. The lowest BCUT2D eigenvalue weighted by molar-refractivity contribution is 0.0473. The summed E-state index contributed by atoms with van der Waals surface area (Å²) in [5.41, 5.74) is 2.63. The molecule has 24 heavy (non-hydrogen) atoms. The minimum Gasteiger partial charge on any atom is -0.497 e. The van der Waals surface area contributed by atoms with Crippen molar-refractivity contribution >= 4 is 11.8 Å². The zero-order valence-electron chi connectivity index (χ0n) is 14.2. The lowest BCUT2D eigenvalue weighted by Gasteiger charge is -2.11. The van der Waals surface area contributed by atoms with E-state index in [0.29, 0.717) is 22.6 Å². The fourth-order valence-electron chi connectivity index (χ4n) is 2.36. The Morgan fingerprint density at radius 2 is 1.67 bits per heavy atom. The highest BCUT2D eigenvalue weighted by Crippen LogP contribution is 2.24. The standard InChI is InChI=1S/C19H20O5/c1-12-5-7-15(13(2)9-12)19(21)24-11-17(20)16-10-14(22-3)6-8-18(16)23-4/h5-10H,11H2,1-4H3. The third-order valence-corrected chi connectivity index (χ3v) is 3.64. The van der Waals surface area contributed by atoms with Crippen LogP contribution < -0.4 is 9.47 Å². The van der Waals surface area contributed by atoms with Gasteiger partial charge in [-0.25, -0.2) is 4.79 Å². The summed E-state index contributed by atoms with van der Waals surface area (Å²) in [5.74, 6) is 0.0507. The lowest BCUT2D eigenvalue weighted by Crippen LogP contribution is -2.16.